The summed E-state index contributed by atoms with van der Waals surface area (Å²) in [6.45, 7) is 12.9. The molecule has 1 unspecified atom stereocenters. The van der Waals surface area contributed by atoms with Crippen molar-refractivity contribution >= 4 is 31.4 Å². The van der Waals surface area contributed by atoms with Gasteiger partial charge in [0.15, 0.2) is 9.04 Å². The lowest BCUT2D eigenvalue weighted by Gasteiger charge is -2.27. The summed E-state index contributed by atoms with van der Waals surface area (Å²) in [6.07, 6.45) is 2.11. The maximum absolute atomic E-state index is 6.12. The largest absolute Gasteiger partial charge is 0.418 e. The minimum atomic E-state index is -1.15. The van der Waals surface area contributed by atoms with Gasteiger partial charge in [-0.15, -0.1) is 0 Å². The zero-order valence-corrected chi connectivity index (χ0v) is 17.4. The number of pyridine rings is 1. The van der Waals surface area contributed by atoms with Gasteiger partial charge in [0.2, 0.25) is 0 Å². The van der Waals surface area contributed by atoms with E-state index in [1.165, 1.54) is 11.3 Å². The Morgan fingerprint density at radius 1 is 1.20 bits per heavy atom. The molecule has 0 aliphatic heterocycles. The maximum atomic E-state index is 6.12. The van der Waals surface area contributed by atoms with Crippen molar-refractivity contribution < 1.29 is 4.43 Å². The fourth-order valence-electron chi connectivity index (χ4n) is 2.79. The zero-order valence-electron chi connectivity index (χ0n) is 16.2. The molecular weight excluding hydrogens is 326 g/mol. The van der Waals surface area contributed by atoms with E-state index in [4.69, 9.17) is 9.41 Å². The van der Waals surface area contributed by atoms with Gasteiger partial charge >= 0.3 is 0 Å². The number of fused-ring (bicyclic) bond motifs is 3. The predicted molar refractivity (Wildman–Crippen MR) is 109 cm³/mol. The number of anilines is 1. The van der Waals surface area contributed by atoms with Crippen LogP contribution in [0.25, 0.3) is 16.7 Å². The summed E-state index contributed by atoms with van der Waals surface area (Å²) >= 11 is 0. The van der Waals surface area contributed by atoms with Crippen molar-refractivity contribution in [1.82, 2.24) is 9.38 Å². The van der Waals surface area contributed by atoms with Crippen molar-refractivity contribution in [3.05, 3.63) is 42.1 Å². The SMILES string of the molecule is Cc1ccc2nc3cc(N(C)CCO[SiH](C)C(C)(C)C)ccn3c2c1. The third-order valence-electron chi connectivity index (χ3n) is 5.00. The lowest BCUT2D eigenvalue weighted by Crippen LogP contribution is -2.30. The number of hydrogen-bond acceptors (Lipinski definition) is 3. The normalized spacial score (nSPS) is 13.5. The summed E-state index contributed by atoms with van der Waals surface area (Å²) in [5.41, 5.74) is 5.62. The number of rotatable bonds is 5. The van der Waals surface area contributed by atoms with Crippen LogP contribution in [0.15, 0.2) is 36.5 Å². The van der Waals surface area contributed by atoms with Gasteiger partial charge in [-0.1, -0.05) is 26.8 Å². The lowest BCUT2D eigenvalue weighted by atomic mass is 10.2. The van der Waals surface area contributed by atoms with Crippen LogP contribution in [0, 0.1) is 6.92 Å². The van der Waals surface area contributed by atoms with Crippen LogP contribution in [-0.2, 0) is 4.43 Å². The third kappa shape index (κ3) is 3.88. The number of aryl methyl sites for hydroxylation is 1. The van der Waals surface area contributed by atoms with Crippen LogP contribution >= 0.6 is 0 Å². The summed E-state index contributed by atoms with van der Waals surface area (Å²) in [7, 11) is 0.964. The highest BCUT2D eigenvalue weighted by Gasteiger charge is 2.22. The molecule has 0 aliphatic rings. The molecule has 0 bridgehead atoms. The Balaban J connectivity index is 1.74. The highest BCUT2D eigenvalue weighted by molar-refractivity contribution is 6.53. The number of hydrogen-bond donors (Lipinski definition) is 0. The van der Waals surface area contributed by atoms with Crippen molar-refractivity contribution in [2.75, 3.05) is 25.1 Å². The number of nitrogens with zero attached hydrogens (tertiary/aromatic N) is 3. The highest BCUT2D eigenvalue weighted by atomic mass is 28.3. The molecule has 1 aromatic carbocycles. The van der Waals surface area contributed by atoms with Gasteiger partial charge in [0.05, 0.1) is 17.6 Å². The molecular formula is C20H29N3OSi. The molecule has 0 saturated carbocycles. The second kappa shape index (κ2) is 6.81. The molecule has 0 amide bonds. The average Bonchev–Trinajstić information content (AvgIpc) is 2.90. The average molecular weight is 356 g/mol. The molecule has 134 valence electrons. The van der Waals surface area contributed by atoms with Gasteiger partial charge in [0, 0.05) is 31.5 Å². The van der Waals surface area contributed by atoms with Gasteiger partial charge < -0.3 is 9.33 Å². The quantitative estimate of drug-likeness (QED) is 0.635. The standard InChI is InChI=1S/C20H29N3OSi/c1-15-7-8-17-18(13-15)23-10-9-16(14-19(23)21-17)22(5)11-12-24-25(6)20(2,3)4/h7-10,13-14,25H,11-12H2,1-6H3. The first-order valence-electron chi connectivity index (χ1n) is 8.97. The van der Waals surface area contributed by atoms with Gasteiger partial charge in [-0.05, 0) is 42.3 Å². The minimum absolute atomic E-state index is 0.311. The second-order valence-corrected chi connectivity index (χ2v) is 11.4. The summed E-state index contributed by atoms with van der Waals surface area (Å²) in [6, 6.07) is 10.7. The summed E-state index contributed by atoms with van der Waals surface area (Å²) in [5, 5.41) is 0.311. The number of aromatic nitrogens is 2. The van der Waals surface area contributed by atoms with E-state index in [0.717, 1.165) is 29.8 Å². The fraction of sp³-hybridized carbons (Fsp3) is 0.450. The van der Waals surface area contributed by atoms with Crippen LogP contribution in [0.1, 0.15) is 26.3 Å². The molecule has 2 aromatic heterocycles. The lowest BCUT2D eigenvalue weighted by molar-refractivity contribution is 0.314. The van der Waals surface area contributed by atoms with E-state index in [2.05, 4.69) is 87.1 Å². The molecule has 0 spiro atoms. The fourth-order valence-corrected chi connectivity index (χ4v) is 3.75. The predicted octanol–water partition coefficient (Wildman–Crippen LogP) is 4.40. The first kappa shape index (κ1) is 18.0. The molecule has 4 nitrogen and oxygen atoms in total. The number of benzene rings is 1. The second-order valence-electron chi connectivity index (χ2n) is 8.02. The van der Waals surface area contributed by atoms with E-state index in [-0.39, 0.29) is 0 Å². The van der Waals surface area contributed by atoms with E-state index in [1.54, 1.807) is 0 Å². The van der Waals surface area contributed by atoms with Crippen molar-refractivity contribution in [2.45, 2.75) is 39.3 Å². The molecule has 0 N–H and O–H groups in total. The molecule has 3 aromatic rings. The van der Waals surface area contributed by atoms with Crippen LogP contribution < -0.4 is 4.90 Å². The molecule has 2 heterocycles. The van der Waals surface area contributed by atoms with Gasteiger partial charge in [0.1, 0.15) is 5.65 Å². The highest BCUT2D eigenvalue weighted by Crippen LogP contribution is 2.27. The van der Waals surface area contributed by atoms with Gasteiger partial charge in [0.25, 0.3) is 0 Å². The molecule has 0 fully saturated rings. The van der Waals surface area contributed by atoms with Crippen LogP contribution in [0.2, 0.25) is 11.6 Å². The Bertz CT molecular complexity index is 882. The van der Waals surface area contributed by atoms with Crippen LogP contribution in [-0.4, -0.2) is 38.6 Å². The zero-order chi connectivity index (χ0) is 18.2. The van der Waals surface area contributed by atoms with Crippen molar-refractivity contribution in [3.63, 3.8) is 0 Å². The monoisotopic (exact) mass is 355 g/mol. The first-order chi connectivity index (χ1) is 11.8. The van der Waals surface area contributed by atoms with Crippen LogP contribution in [0.3, 0.4) is 0 Å². The van der Waals surface area contributed by atoms with Gasteiger partial charge in [-0.25, -0.2) is 4.98 Å². The summed E-state index contributed by atoms with van der Waals surface area (Å²) in [5.74, 6) is 0. The van der Waals surface area contributed by atoms with E-state index in [1.807, 2.05) is 0 Å². The third-order valence-corrected chi connectivity index (χ3v) is 8.17. The Labute approximate surface area is 152 Å². The molecule has 0 aliphatic carbocycles. The molecule has 1 atom stereocenters. The Morgan fingerprint density at radius 2 is 1.96 bits per heavy atom. The minimum Gasteiger partial charge on any atom is -0.418 e. The molecule has 0 radical (unpaired) electrons. The summed E-state index contributed by atoms with van der Waals surface area (Å²) < 4.78 is 8.28. The Hall–Kier alpha value is -1.85. The Kier molecular flexibility index (Phi) is 4.89. The topological polar surface area (TPSA) is 29.8 Å². The van der Waals surface area contributed by atoms with Crippen LogP contribution in [0.4, 0.5) is 5.69 Å². The maximum Gasteiger partial charge on any atom is 0.179 e. The van der Waals surface area contributed by atoms with E-state index >= 15 is 0 Å². The van der Waals surface area contributed by atoms with E-state index < -0.39 is 9.04 Å². The number of imidazole rings is 1. The summed E-state index contributed by atoms with van der Waals surface area (Å²) in [4.78, 5) is 7.00. The van der Waals surface area contributed by atoms with Crippen molar-refractivity contribution in [3.8, 4) is 0 Å². The Morgan fingerprint density at radius 3 is 2.68 bits per heavy atom. The smallest absolute Gasteiger partial charge is 0.179 e. The van der Waals surface area contributed by atoms with Crippen LogP contribution in [0.5, 0.6) is 0 Å². The van der Waals surface area contributed by atoms with Gasteiger partial charge in [-0.2, -0.15) is 0 Å². The van der Waals surface area contributed by atoms with Crippen molar-refractivity contribution in [1.29, 1.82) is 0 Å². The van der Waals surface area contributed by atoms with E-state index in [9.17, 15) is 0 Å². The molecule has 25 heavy (non-hydrogen) atoms. The molecule has 5 heteroatoms. The number of likely N-dealkylation sites (N-methyl/N-ethyl adjacent to an activating group) is 1. The van der Waals surface area contributed by atoms with Crippen molar-refractivity contribution in [2.24, 2.45) is 0 Å². The van der Waals surface area contributed by atoms with E-state index in [0.29, 0.717) is 5.04 Å². The van der Waals surface area contributed by atoms with Gasteiger partial charge in [-0.3, -0.25) is 4.40 Å². The molecule has 0 saturated heterocycles. The molecule has 3 rings (SSSR count). The first-order valence-corrected chi connectivity index (χ1v) is 11.2.